The van der Waals surface area contributed by atoms with Gasteiger partial charge in [0.15, 0.2) is 5.78 Å². The fourth-order valence-corrected chi connectivity index (χ4v) is 4.11. The Morgan fingerprint density at radius 1 is 1.11 bits per heavy atom. The average molecular weight is 369 g/mol. The van der Waals surface area contributed by atoms with Gasteiger partial charge in [-0.05, 0) is 29.5 Å². The number of carbonyl (C=O) groups is 1. The highest BCUT2D eigenvalue weighted by atomic mass is 19.1. The SMILES string of the molecule is Cn1c2c(c(=O)[nH]c1=O)[C@@H](c1ccc(F)cc1)C1=C(CC(C)(C)CC1=O)N2. The third-order valence-corrected chi connectivity index (χ3v) is 5.33. The van der Waals surface area contributed by atoms with Gasteiger partial charge in [-0.25, -0.2) is 9.18 Å². The topological polar surface area (TPSA) is 84.0 Å². The maximum absolute atomic E-state index is 13.5. The largest absolute Gasteiger partial charge is 0.344 e. The van der Waals surface area contributed by atoms with Crippen molar-refractivity contribution in [2.75, 3.05) is 5.32 Å². The molecule has 0 unspecified atom stereocenters. The normalized spacial score (nSPS) is 20.7. The Balaban J connectivity index is 2.04. The Morgan fingerprint density at radius 3 is 2.44 bits per heavy atom. The van der Waals surface area contributed by atoms with Crippen molar-refractivity contribution in [1.82, 2.24) is 9.55 Å². The molecule has 27 heavy (non-hydrogen) atoms. The summed E-state index contributed by atoms with van der Waals surface area (Å²) in [6.45, 7) is 4.02. The molecule has 0 amide bonds. The fraction of sp³-hybridized carbons (Fsp3) is 0.350. The first-order chi connectivity index (χ1) is 12.7. The molecule has 1 aromatic heterocycles. The molecular weight excluding hydrogens is 349 g/mol. The predicted molar refractivity (Wildman–Crippen MR) is 99.2 cm³/mol. The number of hydrogen-bond acceptors (Lipinski definition) is 4. The van der Waals surface area contributed by atoms with Crippen molar-refractivity contribution < 1.29 is 9.18 Å². The third-order valence-electron chi connectivity index (χ3n) is 5.33. The summed E-state index contributed by atoms with van der Waals surface area (Å²) in [6.07, 6.45) is 0.983. The van der Waals surface area contributed by atoms with Crippen LogP contribution in [0.3, 0.4) is 0 Å². The fourth-order valence-electron chi connectivity index (χ4n) is 4.11. The summed E-state index contributed by atoms with van der Waals surface area (Å²) in [5.41, 5.74) is 0.887. The van der Waals surface area contributed by atoms with Crippen LogP contribution in [0.4, 0.5) is 10.2 Å². The Labute approximate surface area is 154 Å². The lowest BCUT2D eigenvalue weighted by atomic mass is 9.69. The maximum atomic E-state index is 13.5. The molecular formula is C20H20FN3O3. The molecule has 1 atom stereocenters. The zero-order chi connectivity index (χ0) is 19.5. The summed E-state index contributed by atoms with van der Waals surface area (Å²) in [4.78, 5) is 40.1. The van der Waals surface area contributed by atoms with Gasteiger partial charge in [-0.1, -0.05) is 26.0 Å². The van der Waals surface area contributed by atoms with Gasteiger partial charge in [-0.2, -0.15) is 0 Å². The number of H-pyrrole nitrogens is 1. The minimum absolute atomic E-state index is 0.0398. The second-order valence-corrected chi connectivity index (χ2v) is 8.02. The monoisotopic (exact) mass is 369 g/mol. The van der Waals surface area contributed by atoms with Crippen molar-refractivity contribution in [2.45, 2.75) is 32.6 Å². The number of fused-ring (bicyclic) bond motifs is 1. The molecule has 2 aromatic rings. The molecule has 1 aromatic carbocycles. The first kappa shape index (κ1) is 17.5. The van der Waals surface area contributed by atoms with Crippen molar-refractivity contribution in [3.05, 3.63) is 73.3 Å². The van der Waals surface area contributed by atoms with Crippen molar-refractivity contribution >= 4 is 11.6 Å². The summed E-state index contributed by atoms with van der Waals surface area (Å²) >= 11 is 0. The van der Waals surface area contributed by atoms with Crippen LogP contribution in [0.25, 0.3) is 0 Å². The quantitative estimate of drug-likeness (QED) is 0.809. The van der Waals surface area contributed by atoms with Gasteiger partial charge >= 0.3 is 5.69 Å². The number of aromatic nitrogens is 2. The van der Waals surface area contributed by atoms with E-state index in [0.717, 1.165) is 5.70 Å². The zero-order valence-electron chi connectivity index (χ0n) is 15.4. The Morgan fingerprint density at radius 2 is 1.78 bits per heavy atom. The number of Topliss-reactive ketones (excluding diaryl/α,β-unsaturated/α-hetero) is 1. The van der Waals surface area contributed by atoms with E-state index in [-0.39, 0.29) is 11.2 Å². The van der Waals surface area contributed by atoms with Crippen LogP contribution < -0.4 is 16.6 Å². The van der Waals surface area contributed by atoms with Crippen LogP contribution in [0.15, 0.2) is 45.1 Å². The number of halogens is 1. The number of rotatable bonds is 1. The van der Waals surface area contributed by atoms with Gasteiger partial charge in [0.1, 0.15) is 11.6 Å². The number of hydrogen-bond donors (Lipinski definition) is 2. The minimum Gasteiger partial charge on any atom is -0.344 e. The molecule has 7 heteroatoms. The highest BCUT2D eigenvalue weighted by molar-refractivity contribution is 6.01. The van der Waals surface area contributed by atoms with E-state index in [4.69, 9.17) is 0 Å². The second kappa shape index (κ2) is 5.77. The molecule has 1 aliphatic heterocycles. The van der Waals surface area contributed by atoms with Gasteiger partial charge < -0.3 is 5.32 Å². The molecule has 2 N–H and O–H groups in total. The first-order valence-electron chi connectivity index (χ1n) is 8.80. The molecule has 4 rings (SSSR count). The summed E-state index contributed by atoms with van der Waals surface area (Å²) in [6, 6.07) is 5.78. The number of benzene rings is 1. The van der Waals surface area contributed by atoms with Crippen LogP contribution in [0.1, 0.15) is 43.7 Å². The van der Waals surface area contributed by atoms with Crippen LogP contribution in [-0.4, -0.2) is 15.3 Å². The number of nitrogens with one attached hydrogen (secondary N) is 2. The highest BCUT2D eigenvalue weighted by Gasteiger charge is 2.42. The van der Waals surface area contributed by atoms with Crippen LogP contribution in [0.2, 0.25) is 0 Å². The van der Waals surface area contributed by atoms with Crippen molar-refractivity contribution in [1.29, 1.82) is 0 Å². The van der Waals surface area contributed by atoms with Crippen LogP contribution in [-0.2, 0) is 11.8 Å². The lowest BCUT2D eigenvalue weighted by Crippen LogP contribution is -2.41. The van der Waals surface area contributed by atoms with E-state index in [1.165, 1.54) is 16.7 Å². The summed E-state index contributed by atoms with van der Waals surface area (Å²) in [5, 5.41) is 3.17. The summed E-state index contributed by atoms with van der Waals surface area (Å²) in [7, 11) is 1.56. The van der Waals surface area contributed by atoms with Gasteiger partial charge in [0.25, 0.3) is 5.56 Å². The summed E-state index contributed by atoms with van der Waals surface area (Å²) < 4.78 is 14.8. The number of anilines is 1. The molecule has 0 fully saturated rings. The zero-order valence-corrected chi connectivity index (χ0v) is 15.4. The van der Waals surface area contributed by atoms with E-state index >= 15 is 0 Å². The van der Waals surface area contributed by atoms with Crippen molar-refractivity contribution in [3.63, 3.8) is 0 Å². The van der Waals surface area contributed by atoms with E-state index < -0.39 is 23.0 Å². The van der Waals surface area contributed by atoms with Gasteiger partial charge in [-0.3, -0.25) is 19.1 Å². The Hall–Kier alpha value is -2.96. The molecule has 1 aliphatic carbocycles. The molecule has 140 valence electrons. The molecule has 0 bridgehead atoms. The molecule has 0 radical (unpaired) electrons. The average Bonchev–Trinajstić information content (AvgIpc) is 2.57. The van der Waals surface area contributed by atoms with E-state index in [0.29, 0.717) is 35.4 Å². The molecule has 2 aliphatic rings. The van der Waals surface area contributed by atoms with Crippen LogP contribution >= 0.6 is 0 Å². The Bertz CT molecular complexity index is 1110. The molecule has 0 saturated heterocycles. The second-order valence-electron chi connectivity index (χ2n) is 8.02. The van der Waals surface area contributed by atoms with E-state index in [1.54, 1.807) is 19.2 Å². The smallest absolute Gasteiger partial charge is 0.329 e. The molecule has 0 spiro atoms. The summed E-state index contributed by atoms with van der Waals surface area (Å²) in [5.74, 6) is -0.701. The van der Waals surface area contributed by atoms with Crippen LogP contribution in [0.5, 0.6) is 0 Å². The van der Waals surface area contributed by atoms with Gasteiger partial charge in [0, 0.05) is 30.7 Å². The Kier molecular flexibility index (Phi) is 3.73. The standard InChI is InChI=1S/C20H20FN3O3/c1-20(2)8-12-15(13(25)9-20)14(10-4-6-11(21)7-5-10)16-17(22-12)24(3)19(27)23-18(16)26/h4-7,14,22H,8-9H2,1-3H3,(H,23,26,27)/t14-/m0/s1. The molecule has 0 saturated carbocycles. The lowest BCUT2D eigenvalue weighted by molar-refractivity contribution is -0.118. The minimum atomic E-state index is -0.643. The van der Waals surface area contributed by atoms with Crippen LogP contribution in [0, 0.1) is 11.2 Å². The predicted octanol–water partition coefficient (Wildman–Crippen LogP) is 2.41. The van der Waals surface area contributed by atoms with Gasteiger partial charge in [0.05, 0.1) is 5.56 Å². The number of allylic oxidation sites excluding steroid dienone is 2. The van der Waals surface area contributed by atoms with E-state index in [9.17, 15) is 18.8 Å². The maximum Gasteiger partial charge on any atom is 0.329 e. The van der Waals surface area contributed by atoms with Crippen molar-refractivity contribution in [2.24, 2.45) is 12.5 Å². The number of carbonyl (C=O) groups excluding carboxylic acids is 1. The highest BCUT2D eigenvalue weighted by Crippen LogP contribution is 2.47. The third kappa shape index (κ3) is 2.74. The van der Waals surface area contributed by atoms with E-state index in [2.05, 4.69) is 10.3 Å². The lowest BCUT2D eigenvalue weighted by Gasteiger charge is -2.39. The number of aromatic amines is 1. The molecule has 2 heterocycles. The first-order valence-corrected chi connectivity index (χ1v) is 8.80. The van der Waals surface area contributed by atoms with Gasteiger partial charge in [-0.15, -0.1) is 0 Å². The molecule has 6 nitrogen and oxygen atoms in total. The number of nitrogens with zero attached hydrogens (tertiary/aromatic N) is 1. The van der Waals surface area contributed by atoms with E-state index in [1.807, 2.05) is 13.8 Å². The van der Waals surface area contributed by atoms with Crippen molar-refractivity contribution in [3.8, 4) is 0 Å². The number of ketones is 1. The van der Waals surface area contributed by atoms with Gasteiger partial charge in [0.2, 0.25) is 0 Å².